The standard InChI is InChI=1S/C9H14N4O3/c14-1-2-16-6-13-5-12-7-3-8(15)10-4-11-9(7)13/h4-5,8,14-15H,1-3,6H2,(H,10,11)/t8-/m0/s1. The van der Waals surface area contributed by atoms with Crippen LogP contribution in [0, 0.1) is 0 Å². The molecule has 2 heterocycles. The molecule has 1 aromatic rings. The number of hydrogen-bond acceptors (Lipinski definition) is 6. The summed E-state index contributed by atoms with van der Waals surface area (Å²) in [6, 6.07) is 0. The molecular weight excluding hydrogens is 212 g/mol. The van der Waals surface area contributed by atoms with Gasteiger partial charge in [-0.25, -0.2) is 9.98 Å². The number of fused-ring (bicyclic) bond motifs is 1. The Morgan fingerprint density at radius 2 is 2.50 bits per heavy atom. The lowest BCUT2D eigenvalue weighted by atomic mass is 10.3. The average Bonchev–Trinajstić information content (AvgIpc) is 2.53. The van der Waals surface area contributed by atoms with Crippen LogP contribution in [0.5, 0.6) is 0 Å². The number of aliphatic hydroxyl groups is 2. The first-order chi connectivity index (χ1) is 7.81. The SMILES string of the molecule is OCCOCn1cnc2c1NC=N[C@@H](O)C2. The molecule has 0 aliphatic carbocycles. The maximum atomic E-state index is 9.41. The molecule has 1 aliphatic heterocycles. The highest BCUT2D eigenvalue weighted by Crippen LogP contribution is 2.18. The van der Waals surface area contributed by atoms with Crippen molar-refractivity contribution in [2.24, 2.45) is 4.99 Å². The molecule has 7 nitrogen and oxygen atoms in total. The van der Waals surface area contributed by atoms with Gasteiger partial charge in [0.05, 0.1) is 31.6 Å². The summed E-state index contributed by atoms with van der Waals surface area (Å²) in [5.74, 6) is 0.762. The van der Waals surface area contributed by atoms with Crippen LogP contribution in [0.2, 0.25) is 0 Å². The zero-order valence-electron chi connectivity index (χ0n) is 8.70. The predicted octanol–water partition coefficient (Wildman–Crippen LogP) is -0.836. The van der Waals surface area contributed by atoms with E-state index >= 15 is 0 Å². The lowest BCUT2D eigenvalue weighted by Crippen LogP contribution is -2.09. The third kappa shape index (κ3) is 2.38. The summed E-state index contributed by atoms with van der Waals surface area (Å²) in [7, 11) is 0. The third-order valence-electron chi connectivity index (χ3n) is 2.20. The van der Waals surface area contributed by atoms with Crippen LogP contribution in [0.1, 0.15) is 5.69 Å². The summed E-state index contributed by atoms with van der Waals surface area (Å²) in [5, 5.41) is 20.9. The Morgan fingerprint density at radius 1 is 1.62 bits per heavy atom. The van der Waals surface area contributed by atoms with Gasteiger partial charge in [-0.3, -0.25) is 4.57 Å². The molecule has 1 aliphatic rings. The van der Waals surface area contributed by atoms with Crippen molar-refractivity contribution >= 4 is 12.2 Å². The minimum Gasteiger partial charge on any atom is -0.394 e. The summed E-state index contributed by atoms with van der Waals surface area (Å²) >= 11 is 0. The second-order valence-corrected chi connectivity index (χ2v) is 3.38. The Labute approximate surface area is 92.4 Å². The van der Waals surface area contributed by atoms with E-state index in [0.29, 0.717) is 13.2 Å². The highest BCUT2D eigenvalue weighted by Gasteiger charge is 2.16. The fraction of sp³-hybridized carbons (Fsp3) is 0.556. The molecule has 3 N–H and O–H groups in total. The number of ether oxygens (including phenoxy) is 1. The van der Waals surface area contributed by atoms with Crippen molar-refractivity contribution in [3.05, 3.63) is 12.0 Å². The maximum absolute atomic E-state index is 9.41. The molecule has 0 bridgehead atoms. The van der Waals surface area contributed by atoms with Crippen LogP contribution in [0.3, 0.4) is 0 Å². The van der Waals surface area contributed by atoms with E-state index in [-0.39, 0.29) is 13.2 Å². The molecule has 0 aromatic carbocycles. The van der Waals surface area contributed by atoms with E-state index in [4.69, 9.17) is 9.84 Å². The molecule has 88 valence electrons. The van der Waals surface area contributed by atoms with Crippen molar-refractivity contribution in [3.63, 3.8) is 0 Å². The summed E-state index contributed by atoms with van der Waals surface area (Å²) < 4.78 is 6.95. The molecule has 0 saturated heterocycles. The molecule has 1 aromatic heterocycles. The number of hydrogen-bond donors (Lipinski definition) is 3. The molecule has 0 radical (unpaired) electrons. The van der Waals surface area contributed by atoms with Gasteiger partial charge in [-0.2, -0.15) is 0 Å². The van der Waals surface area contributed by atoms with Crippen LogP contribution in [-0.4, -0.2) is 45.5 Å². The van der Waals surface area contributed by atoms with Crippen molar-refractivity contribution in [1.82, 2.24) is 9.55 Å². The van der Waals surface area contributed by atoms with Gasteiger partial charge in [0.1, 0.15) is 12.5 Å². The Morgan fingerprint density at radius 3 is 3.31 bits per heavy atom. The second kappa shape index (κ2) is 5.06. The Kier molecular flexibility index (Phi) is 3.50. The molecule has 0 spiro atoms. The normalized spacial score (nSPS) is 19.0. The molecule has 0 unspecified atom stereocenters. The molecule has 1 atom stereocenters. The van der Waals surface area contributed by atoms with Gasteiger partial charge in [0.25, 0.3) is 0 Å². The first-order valence-corrected chi connectivity index (χ1v) is 5.00. The highest BCUT2D eigenvalue weighted by molar-refractivity contribution is 5.76. The Balaban J connectivity index is 2.08. The topological polar surface area (TPSA) is 91.9 Å². The fourth-order valence-electron chi connectivity index (χ4n) is 1.48. The third-order valence-corrected chi connectivity index (χ3v) is 2.20. The van der Waals surface area contributed by atoms with Gasteiger partial charge >= 0.3 is 0 Å². The van der Waals surface area contributed by atoms with Gasteiger partial charge in [0.2, 0.25) is 0 Å². The zero-order valence-corrected chi connectivity index (χ0v) is 8.70. The van der Waals surface area contributed by atoms with E-state index in [1.807, 2.05) is 0 Å². The van der Waals surface area contributed by atoms with Crippen LogP contribution < -0.4 is 5.32 Å². The second-order valence-electron chi connectivity index (χ2n) is 3.38. The van der Waals surface area contributed by atoms with Gasteiger partial charge < -0.3 is 20.3 Å². The van der Waals surface area contributed by atoms with E-state index in [2.05, 4.69) is 15.3 Å². The molecule has 2 rings (SSSR count). The van der Waals surface area contributed by atoms with Crippen molar-refractivity contribution in [3.8, 4) is 0 Å². The van der Waals surface area contributed by atoms with Gasteiger partial charge in [-0.05, 0) is 0 Å². The van der Waals surface area contributed by atoms with Gasteiger partial charge in [0.15, 0.2) is 6.23 Å². The Hall–Kier alpha value is -1.44. The molecule has 0 fully saturated rings. The summed E-state index contributed by atoms with van der Waals surface area (Å²) in [5.41, 5.74) is 0.748. The minimum absolute atomic E-state index is 0.00944. The largest absolute Gasteiger partial charge is 0.394 e. The van der Waals surface area contributed by atoms with Gasteiger partial charge in [-0.1, -0.05) is 0 Å². The van der Waals surface area contributed by atoms with E-state index in [9.17, 15) is 5.11 Å². The average molecular weight is 226 g/mol. The number of aromatic nitrogens is 2. The van der Waals surface area contributed by atoms with E-state index in [1.165, 1.54) is 6.34 Å². The molecule has 7 heteroatoms. The van der Waals surface area contributed by atoms with E-state index in [0.717, 1.165) is 11.5 Å². The lowest BCUT2D eigenvalue weighted by Gasteiger charge is -2.08. The predicted molar refractivity (Wildman–Crippen MR) is 57.1 cm³/mol. The molecular formula is C9H14N4O3. The number of aliphatic imine (C=N–C) groups is 1. The van der Waals surface area contributed by atoms with Gasteiger partial charge in [0, 0.05) is 6.42 Å². The minimum atomic E-state index is -0.754. The van der Waals surface area contributed by atoms with Crippen molar-refractivity contribution in [2.75, 3.05) is 18.5 Å². The number of nitrogens with zero attached hydrogens (tertiary/aromatic N) is 3. The number of imidazole rings is 1. The smallest absolute Gasteiger partial charge is 0.152 e. The van der Waals surface area contributed by atoms with Crippen LogP contribution in [0.25, 0.3) is 0 Å². The number of aliphatic hydroxyl groups excluding tert-OH is 2. The number of rotatable bonds is 4. The monoisotopic (exact) mass is 226 g/mol. The van der Waals surface area contributed by atoms with Crippen molar-refractivity contribution < 1.29 is 14.9 Å². The van der Waals surface area contributed by atoms with Crippen LogP contribution in [0.15, 0.2) is 11.3 Å². The van der Waals surface area contributed by atoms with E-state index < -0.39 is 6.23 Å². The summed E-state index contributed by atoms with van der Waals surface area (Å²) in [6.07, 6.45) is 2.70. The van der Waals surface area contributed by atoms with Crippen molar-refractivity contribution in [2.45, 2.75) is 19.4 Å². The first-order valence-electron chi connectivity index (χ1n) is 5.00. The van der Waals surface area contributed by atoms with Gasteiger partial charge in [-0.15, -0.1) is 0 Å². The quantitative estimate of drug-likeness (QED) is 0.582. The van der Waals surface area contributed by atoms with Crippen LogP contribution >= 0.6 is 0 Å². The molecule has 16 heavy (non-hydrogen) atoms. The molecule has 0 saturated carbocycles. The van der Waals surface area contributed by atoms with Crippen LogP contribution in [-0.2, 0) is 17.9 Å². The fourth-order valence-corrected chi connectivity index (χ4v) is 1.48. The van der Waals surface area contributed by atoms with E-state index in [1.54, 1.807) is 10.9 Å². The highest BCUT2D eigenvalue weighted by atomic mass is 16.5. The number of anilines is 1. The first kappa shape index (κ1) is 11.1. The van der Waals surface area contributed by atoms with Crippen molar-refractivity contribution in [1.29, 1.82) is 0 Å². The summed E-state index contributed by atoms with van der Waals surface area (Å²) in [6.45, 7) is 0.577. The number of nitrogens with one attached hydrogen (secondary N) is 1. The lowest BCUT2D eigenvalue weighted by molar-refractivity contribution is 0.0491. The zero-order chi connectivity index (χ0) is 11.4. The maximum Gasteiger partial charge on any atom is 0.152 e. The van der Waals surface area contributed by atoms with Crippen LogP contribution in [0.4, 0.5) is 5.82 Å². The molecule has 0 amide bonds. The Bertz CT molecular complexity index is 377. The summed E-state index contributed by atoms with van der Waals surface area (Å²) in [4.78, 5) is 8.00.